The number of nitrogens with zero attached hydrogens (tertiary/aromatic N) is 1. The Morgan fingerprint density at radius 2 is 1.90 bits per heavy atom. The molecule has 1 heterocycles. The third kappa shape index (κ3) is 6.11. The van der Waals surface area contributed by atoms with Gasteiger partial charge in [0, 0.05) is 5.38 Å². The fourth-order valence-electron chi connectivity index (χ4n) is 2.44. The van der Waals surface area contributed by atoms with Gasteiger partial charge in [-0.2, -0.15) is 0 Å². The van der Waals surface area contributed by atoms with E-state index in [9.17, 15) is 14.0 Å². The first-order valence-electron chi connectivity index (χ1n) is 8.68. The molecule has 0 spiro atoms. The van der Waals surface area contributed by atoms with Crippen LogP contribution in [0.1, 0.15) is 26.6 Å². The second-order valence-corrected chi connectivity index (χ2v) is 6.95. The lowest BCUT2D eigenvalue weighted by molar-refractivity contribution is -0.144. The number of hydrogen-bond acceptors (Lipinski definition) is 7. The number of benzene rings is 2. The zero-order chi connectivity index (χ0) is 20.6. The van der Waals surface area contributed by atoms with E-state index >= 15 is 0 Å². The van der Waals surface area contributed by atoms with E-state index in [0.29, 0.717) is 27.6 Å². The second-order valence-electron chi connectivity index (χ2n) is 6.00. The van der Waals surface area contributed by atoms with Crippen LogP contribution in [0.3, 0.4) is 0 Å². The zero-order valence-corrected chi connectivity index (χ0v) is 16.4. The molecule has 29 heavy (non-hydrogen) atoms. The molecule has 3 aromatic rings. The molecule has 0 aliphatic heterocycles. The van der Waals surface area contributed by atoms with Gasteiger partial charge in [0.1, 0.15) is 29.8 Å². The van der Waals surface area contributed by atoms with Crippen molar-refractivity contribution in [3.63, 3.8) is 0 Å². The highest BCUT2D eigenvalue weighted by Gasteiger charge is 2.11. The molecule has 2 aromatic carbocycles. The Balaban J connectivity index is 1.47. The lowest BCUT2D eigenvalue weighted by atomic mass is 10.1. The van der Waals surface area contributed by atoms with Crippen molar-refractivity contribution in [1.82, 2.24) is 4.98 Å². The Kier molecular flexibility index (Phi) is 6.91. The number of aromatic nitrogens is 1. The zero-order valence-electron chi connectivity index (χ0n) is 15.6. The van der Waals surface area contributed by atoms with Crippen LogP contribution in [-0.2, 0) is 33.9 Å². The number of carbonyl (C=O) groups is 2. The molecule has 0 N–H and O–H groups in total. The van der Waals surface area contributed by atoms with Gasteiger partial charge >= 0.3 is 11.9 Å². The van der Waals surface area contributed by atoms with Gasteiger partial charge in [-0.15, -0.1) is 11.3 Å². The highest BCUT2D eigenvalue weighted by atomic mass is 32.1. The van der Waals surface area contributed by atoms with Crippen molar-refractivity contribution < 1.29 is 28.2 Å². The van der Waals surface area contributed by atoms with E-state index in [1.54, 1.807) is 29.6 Å². The molecule has 8 heteroatoms. The van der Waals surface area contributed by atoms with Crippen LogP contribution < -0.4 is 4.74 Å². The van der Waals surface area contributed by atoms with E-state index in [4.69, 9.17) is 9.47 Å². The maximum absolute atomic E-state index is 12.9. The first kappa shape index (κ1) is 20.5. The summed E-state index contributed by atoms with van der Waals surface area (Å²) in [6, 6.07) is 12.4. The van der Waals surface area contributed by atoms with Crippen molar-refractivity contribution in [2.24, 2.45) is 0 Å². The molecule has 0 bridgehead atoms. The average molecular weight is 415 g/mol. The molecule has 0 saturated carbocycles. The maximum Gasteiger partial charge on any atom is 0.337 e. The minimum absolute atomic E-state index is 0.0315. The molecule has 0 aliphatic carbocycles. The molecule has 0 aliphatic rings. The molecule has 0 fully saturated rings. The summed E-state index contributed by atoms with van der Waals surface area (Å²) in [4.78, 5) is 28.0. The summed E-state index contributed by atoms with van der Waals surface area (Å²) in [7, 11) is 1.31. The molecule has 0 amide bonds. The van der Waals surface area contributed by atoms with Gasteiger partial charge in [-0.1, -0.05) is 12.1 Å². The molecule has 0 saturated heterocycles. The van der Waals surface area contributed by atoms with Crippen molar-refractivity contribution in [2.45, 2.75) is 19.6 Å². The van der Waals surface area contributed by atoms with E-state index in [1.807, 2.05) is 0 Å². The Labute approximate surface area is 170 Å². The van der Waals surface area contributed by atoms with E-state index in [1.165, 1.54) is 42.7 Å². The number of hydrogen-bond donors (Lipinski definition) is 0. The van der Waals surface area contributed by atoms with E-state index in [-0.39, 0.29) is 25.5 Å². The highest BCUT2D eigenvalue weighted by Crippen LogP contribution is 2.17. The van der Waals surface area contributed by atoms with Crippen LogP contribution in [0.5, 0.6) is 5.75 Å². The third-order valence-electron chi connectivity index (χ3n) is 3.85. The topological polar surface area (TPSA) is 74.7 Å². The Bertz CT molecular complexity index is 987. The minimum atomic E-state index is -0.448. The fourth-order valence-corrected chi connectivity index (χ4v) is 3.15. The molecule has 0 atom stereocenters. The van der Waals surface area contributed by atoms with Crippen LogP contribution >= 0.6 is 11.3 Å². The Morgan fingerprint density at radius 3 is 2.66 bits per heavy atom. The number of methoxy groups -OCH3 is 1. The molecule has 1 aromatic heterocycles. The van der Waals surface area contributed by atoms with E-state index in [2.05, 4.69) is 9.72 Å². The number of ether oxygens (including phenoxy) is 3. The highest BCUT2D eigenvalue weighted by molar-refractivity contribution is 7.09. The van der Waals surface area contributed by atoms with Crippen LogP contribution in [0.15, 0.2) is 53.9 Å². The first-order valence-corrected chi connectivity index (χ1v) is 9.56. The van der Waals surface area contributed by atoms with E-state index < -0.39 is 11.9 Å². The number of rotatable bonds is 8. The molecular formula is C21H18FNO5S. The van der Waals surface area contributed by atoms with Crippen LogP contribution in [0.4, 0.5) is 4.39 Å². The van der Waals surface area contributed by atoms with Gasteiger partial charge < -0.3 is 14.2 Å². The normalized spacial score (nSPS) is 10.4. The van der Waals surface area contributed by atoms with Gasteiger partial charge in [0.05, 0.1) is 24.8 Å². The summed E-state index contributed by atoms with van der Waals surface area (Å²) in [5.41, 5.74) is 1.67. The SMILES string of the molecule is COC(=O)c1cccc(COC(=O)Cc2csc(COc3ccc(F)cc3)n2)c1. The predicted octanol–water partition coefficient (Wildman–Crippen LogP) is 3.93. The number of thiazole rings is 1. The van der Waals surface area contributed by atoms with Crippen LogP contribution in [0.2, 0.25) is 0 Å². The summed E-state index contributed by atoms with van der Waals surface area (Å²) in [6.45, 7) is 0.278. The van der Waals surface area contributed by atoms with Crippen molar-refractivity contribution in [1.29, 1.82) is 0 Å². The molecule has 0 radical (unpaired) electrons. The number of halogens is 1. The predicted molar refractivity (Wildman–Crippen MR) is 104 cm³/mol. The van der Waals surface area contributed by atoms with E-state index in [0.717, 1.165) is 0 Å². The largest absolute Gasteiger partial charge is 0.486 e. The van der Waals surface area contributed by atoms with Gasteiger partial charge in [0.15, 0.2) is 0 Å². The van der Waals surface area contributed by atoms with Gasteiger partial charge in [-0.05, 0) is 42.0 Å². The van der Waals surface area contributed by atoms with Gasteiger partial charge in [0.2, 0.25) is 0 Å². The number of esters is 2. The Morgan fingerprint density at radius 1 is 1.10 bits per heavy atom. The molecule has 150 valence electrons. The minimum Gasteiger partial charge on any atom is -0.486 e. The summed E-state index contributed by atoms with van der Waals surface area (Å²) in [6.07, 6.45) is 0.0315. The maximum atomic E-state index is 12.9. The lowest BCUT2D eigenvalue weighted by Gasteiger charge is -2.06. The quantitative estimate of drug-likeness (QED) is 0.519. The van der Waals surface area contributed by atoms with Gasteiger partial charge in [0.25, 0.3) is 0 Å². The van der Waals surface area contributed by atoms with Gasteiger partial charge in [-0.25, -0.2) is 14.2 Å². The molecule has 3 rings (SSSR count). The molecule has 6 nitrogen and oxygen atoms in total. The molecule has 0 unspecified atom stereocenters. The second kappa shape index (κ2) is 9.79. The summed E-state index contributed by atoms with van der Waals surface area (Å²) in [5, 5.41) is 2.46. The average Bonchev–Trinajstić information content (AvgIpc) is 3.18. The van der Waals surface area contributed by atoms with Crippen LogP contribution in [-0.4, -0.2) is 24.0 Å². The first-order chi connectivity index (χ1) is 14.0. The van der Waals surface area contributed by atoms with Crippen molar-refractivity contribution in [3.05, 3.63) is 81.6 Å². The summed E-state index contributed by atoms with van der Waals surface area (Å²) >= 11 is 1.37. The van der Waals surface area contributed by atoms with Gasteiger partial charge in [-0.3, -0.25) is 4.79 Å². The van der Waals surface area contributed by atoms with Crippen LogP contribution in [0, 0.1) is 5.82 Å². The van der Waals surface area contributed by atoms with Crippen molar-refractivity contribution in [2.75, 3.05) is 7.11 Å². The fraction of sp³-hybridized carbons (Fsp3) is 0.190. The molecular weight excluding hydrogens is 397 g/mol. The summed E-state index contributed by atoms with van der Waals surface area (Å²) in [5.74, 6) is -0.665. The van der Waals surface area contributed by atoms with Crippen molar-refractivity contribution in [3.8, 4) is 5.75 Å². The number of carbonyl (C=O) groups excluding carboxylic acids is 2. The van der Waals surface area contributed by atoms with Crippen molar-refractivity contribution >= 4 is 23.3 Å². The summed E-state index contributed by atoms with van der Waals surface area (Å²) < 4.78 is 28.4. The standard InChI is InChI=1S/C21H18FNO5S/c1-26-21(25)15-4-2-3-14(9-15)11-28-20(24)10-17-13-29-19(23-17)12-27-18-7-5-16(22)6-8-18/h2-9,13H,10-12H2,1H3. The smallest absolute Gasteiger partial charge is 0.337 e. The third-order valence-corrected chi connectivity index (χ3v) is 4.72. The monoisotopic (exact) mass is 415 g/mol. The van der Waals surface area contributed by atoms with Crippen LogP contribution in [0.25, 0.3) is 0 Å². The Hall–Kier alpha value is -3.26. The lowest BCUT2D eigenvalue weighted by Crippen LogP contribution is -2.09.